The summed E-state index contributed by atoms with van der Waals surface area (Å²) in [6.45, 7) is 0.726. The first-order valence-electron chi connectivity index (χ1n) is 9.84. The maximum Gasteiger partial charge on any atom is 0.183 e. The quantitative estimate of drug-likeness (QED) is 0.550. The first-order valence-corrected chi connectivity index (χ1v) is 9.84. The fourth-order valence-corrected chi connectivity index (χ4v) is 5.46. The molecule has 2 saturated heterocycles. The number of hydrogen-bond donors (Lipinski definition) is 0. The SMILES string of the molecule is c1ccc(-c2cc3ccccc3cc2B2C3CCCC2CCC3)nc1. The van der Waals surface area contributed by atoms with E-state index in [0.717, 1.165) is 24.0 Å². The summed E-state index contributed by atoms with van der Waals surface area (Å²) in [5, 5.41) is 2.70. The van der Waals surface area contributed by atoms with Crippen molar-refractivity contribution >= 4 is 22.9 Å². The average molecular weight is 325 g/mol. The standard InChI is InChI=1S/C23H24BN/c1-2-8-18-16-22(24-19-9-5-10-20(24)12-6-11-19)21(15-17(18)7-1)23-13-3-4-14-25-23/h1-4,7-8,13-16,19-20H,5-6,9-12H2. The Balaban J connectivity index is 1.73. The Hall–Kier alpha value is -2.09. The molecule has 2 aliphatic rings. The van der Waals surface area contributed by atoms with Crippen LogP contribution in [0.15, 0.2) is 60.8 Å². The van der Waals surface area contributed by atoms with Gasteiger partial charge in [0.05, 0.1) is 5.69 Å². The first kappa shape index (κ1) is 15.2. The van der Waals surface area contributed by atoms with Gasteiger partial charge in [-0.15, -0.1) is 0 Å². The van der Waals surface area contributed by atoms with Gasteiger partial charge in [-0.1, -0.05) is 92.0 Å². The van der Waals surface area contributed by atoms with Gasteiger partial charge in [0.15, 0.2) is 6.71 Å². The highest BCUT2D eigenvalue weighted by Crippen LogP contribution is 2.47. The lowest BCUT2D eigenvalue weighted by Crippen LogP contribution is -2.45. The molecule has 0 saturated carbocycles. The topological polar surface area (TPSA) is 12.9 Å². The molecule has 2 heteroatoms. The van der Waals surface area contributed by atoms with Gasteiger partial charge in [0.25, 0.3) is 0 Å². The summed E-state index contributed by atoms with van der Waals surface area (Å²) in [5.74, 6) is 1.74. The maximum atomic E-state index is 4.71. The van der Waals surface area contributed by atoms with Gasteiger partial charge < -0.3 is 0 Å². The van der Waals surface area contributed by atoms with Crippen LogP contribution in [-0.4, -0.2) is 11.7 Å². The van der Waals surface area contributed by atoms with E-state index in [0.29, 0.717) is 0 Å². The molecule has 0 N–H and O–H groups in total. The van der Waals surface area contributed by atoms with Crippen molar-refractivity contribution in [3.8, 4) is 11.3 Å². The van der Waals surface area contributed by atoms with E-state index in [-0.39, 0.29) is 0 Å². The van der Waals surface area contributed by atoms with Crippen LogP contribution in [0.25, 0.3) is 22.0 Å². The van der Waals surface area contributed by atoms with Gasteiger partial charge in [-0.05, 0) is 34.5 Å². The second kappa shape index (κ2) is 6.33. The molecule has 2 fully saturated rings. The lowest BCUT2D eigenvalue weighted by atomic mass is 9.24. The second-order valence-corrected chi connectivity index (χ2v) is 7.91. The fourth-order valence-electron chi connectivity index (χ4n) is 5.46. The van der Waals surface area contributed by atoms with Crippen molar-refractivity contribution in [2.75, 3.05) is 0 Å². The number of nitrogens with zero attached hydrogens (tertiary/aromatic N) is 1. The number of pyridine rings is 1. The van der Waals surface area contributed by atoms with Crippen molar-refractivity contribution in [1.29, 1.82) is 0 Å². The van der Waals surface area contributed by atoms with Crippen molar-refractivity contribution < 1.29 is 0 Å². The van der Waals surface area contributed by atoms with Crippen molar-refractivity contribution in [2.45, 2.75) is 50.2 Å². The van der Waals surface area contributed by atoms with Crippen LogP contribution in [0.4, 0.5) is 0 Å². The summed E-state index contributed by atoms with van der Waals surface area (Å²) in [7, 11) is 0. The maximum absolute atomic E-state index is 4.71. The average Bonchev–Trinajstić information content (AvgIpc) is 2.67. The van der Waals surface area contributed by atoms with E-state index in [4.69, 9.17) is 4.98 Å². The number of benzene rings is 2. The Morgan fingerprint density at radius 3 is 2.04 bits per heavy atom. The molecule has 0 aliphatic carbocycles. The van der Waals surface area contributed by atoms with Gasteiger partial charge in [0.1, 0.15) is 0 Å². The predicted molar refractivity (Wildman–Crippen MR) is 108 cm³/mol. The van der Waals surface area contributed by atoms with Crippen LogP contribution in [0.2, 0.25) is 11.6 Å². The summed E-state index contributed by atoms with van der Waals surface area (Å²) < 4.78 is 0. The number of aromatic nitrogens is 1. The van der Waals surface area contributed by atoms with E-state index in [1.54, 1.807) is 5.46 Å². The third-order valence-electron chi connectivity index (χ3n) is 6.53. The molecule has 124 valence electrons. The van der Waals surface area contributed by atoms with Crippen molar-refractivity contribution in [3.05, 3.63) is 60.8 Å². The zero-order chi connectivity index (χ0) is 16.6. The molecule has 3 heterocycles. The lowest BCUT2D eigenvalue weighted by Gasteiger charge is -2.41. The van der Waals surface area contributed by atoms with E-state index < -0.39 is 0 Å². The Bertz CT molecular complexity index is 867. The van der Waals surface area contributed by atoms with Gasteiger partial charge >= 0.3 is 0 Å². The molecule has 2 aliphatic heterocycles. The van der Waals surface area contributed by atoms with Crippen LogP contribution in [0.3, 0.4) is 0 Å². The minimum Gasteiger partial charge on any atom is -0.256 e. The molecule has 2 bridgehead atoms. The van der Waals surface area contributed by atoms with E-state index in [9.17, 15) is 0 Å². The van der Waals surface area contributed by atoms with E-state index in [1.165, 1.54) is 54.9 Å². The monoisotopic (exact) mass is 325 g/mol. The normalized spacial score (nSPS) is 23.0. The summed E-state index contributed by atoms with van der Waals surface area (Å²) in [6.07, 6.45) is 10.4. The Labute approximate surface area is 150 Å². The van der Waals surface area contributed by atoms with Gasteiger partial charge in [-0.2, -0.15) is 0 Å². The second-order valence-electron chi connectivity index (χ2n) is 7.91. The molecular weight excluding hydrogens is 301 g/mol. The number of hydrogen-bond acceptors (Lipinski definition) is 1. The molecule has 2 aromatic carbocycles. The molecule has 0 amide bonds. The van der Waals surface area contributed by atoms with Gasteiger partial charge in [0, 0.05) is 6.20 Å². The van der Waals surface area contributed by atoms with Crippen LogP contribution in [0.1, 0.15) is 38.5 Å². The minimum atomic E-state index is 0.726. The van der Waals surface area contributed by atoms with E-state index in [2.05, 4.69) is 48.5 Å². The van der Waals surface area contributed by atoms with E-state index in [1.807, 2.05) is 12.3 Å². The predicted octanol–water partition coefficient (Wildman–Crippen LogP) is 5.71. The molecule has 0 spiro atoms. The van der Waals surface area contributed by atoms with Gasteiger partial charge in [-0.3, -0.25) is 4.98 Å². The third kappa shape index (κ3) is 2.68. The molecule has 3 aromatic rings. The molecule has 1 nitrogen and oxygen atoms in total. The highest BCUT2D eigenvalue weighted by Gasteiger charge is 2.41. The molecule has 0 radical (unpaired) electrons. The lowest BCUT2D eigenvalue weighted by molar-refractivity contribution is 0.448. The Morgan fingerprint density at radius 2 is 1.40 bits per heavy atom. The molecule has 25 heavy (non-hydrogen) atoms. The molecular formula is C23H24BN. The molecule has 0 atom stereocenters. The van der Waals surface area contributed by atoms with E-state index >= 15 is 0 Å². The number of rotatable bonds is 2. The van der Waals surface area contributed by atoms with Crippen molar-refractivity contribution in [1.82, 2.24) is 4.98 Å². The largest absolute Gasteiger partial charge is 0.256 e. The zero-order valence-corrected chi connectivity index (χ0v) is 14.7. The van der Waals surface area contributed by atoms with Crippen LogP contribution in [-0.2, 0) is 0 Å². The van der Waals surface area contributed by atoms with Gasteiger partial charge in [0.2, 0.25) is 0 Å². The summed E-state index contributed by atoms with van der Waals surface area (Å²) >= 11 is 0. The third-order valence-corrected chi connectivity index (χ3v) is 6.53. The van der Waals surface area contributed by atoms with Crippen molar-refractivity contribution in [2.24, 2.45) is 0 Å². The minimum absolute atomic E-state index is 0.726. The molecule has 1 aromatic heterocycles. The summed E-state index contributed by atoms with van der Waals surface area (Å²) in [4.78, 5) is 4.71. The first-order chi connectivity index (χ1) is 12.4. The zero-order valence-electron chi connectivity index (χ0n) is 14.7. The van der Waals surface area contributed by atoms with Crippen LogP contribution in [0.5, 0.6) is 0 Å². The molecule has 0 unspecified atom stereocenters. The van der Waals surface area contributed by atoms with Gasteiger partial charge in [-0.25, -0.2) is 0 Å². The van der Waals surface area contributed by atoms with Crippen molar-refractivity contribution in [3.63, 3.8) is 0 Å². The Kier molecular flexibility index (Phi) is 3.85. The molecule has 5 rings (SSSR count). The smallest absolute Gasteiger partial charge is 0.183 e. The van der Waals surface area contributed by atoms with Crippen LogP contribution in [0, 0.1) is 0 Å². The highest BCUT2D eigenvalue weighted by molar-refractivity contribution is 6.77. The van der Waals surface area contributed by atoms with Crippen LogP contribution >= 0.6 is 0 Å². The van der Waals surface area contributed by atoms with Crippen LogP contribution < -0.4 is 5.46 Å². The summed E-state index contributed by atoms with van der Waals surface area (Å²) in [5.41, 5.74) is 4.06. The Morgan fingerprint density at radius 1 is 0.760 bits per heavy atom. The highest BCUT2D eigenvalue weighted by atomic mass is 14.7. The fraction of sp³-hybridized carbons (Fsp3) is 0.348. The number of fused-ring (bicyclic) bond motifs is 3. The summed E-state index contributed by atoms with van der Waals surface area (Å²) in [6, 6.07) is 20.0.